The Morgan fingerprint density at radius 3 is 3.06 bits per heavy atom. The van der Waals surface area contributed by atoms with E-state index in [2.05, 4.69) is 28.3 Å². The van der Waals surface area contributed by atoms with E-state index in [9.17, 15) is 0 Å². The first-order valence-corrected chi connectivity index (χ1v) is 6.24. The lowest BCUT2D eigenvalue weighted by Crippen LogP contribution is -2.27. The Hall–Kier alpha value is -1.42. The highest BCUT2D eigenvalue weighted by Crippen LogP contribution is 2.24. The molecule has 1 aromatic rings. The van der Waals surface area contributed by atoms with Crippen molar-refractivity contribution in [1.82, 2.24) is 15.3 Å². The van der Waals surface area contributed by atoms with Crippen molar-refractivity contribution < 1.29 is 4.74 Å². The van der Waals surface area contributed by atoms with Crippen molar-refractivity contribution in [2.24, 2.45) is 0 Å². The highest BCUT2D eigenvalue weighted by molar-refractivity contribution is 5.17. The normalized spacial score (nSPS) is 17.1. The van der Waals surface area contributed by atoms with Gasteiger partial charge in [-0.3, -0.25) is 9.97 Å². The summed E-state index contributed by atoms with van der Waals surface area (Å²) in [4.78, 5) is 8.48. The van der Waals surface area contributed by atoms with Crippen LogP contribution in [0.25, 0.3) is 0 Å². The van der Waals surface area contributed by atoms with Crippen LogP contribution in [-0.4, -0.2) is 23.1 Å². The Kier molecular flexibility index (Phi) is 4.50. The van der Waals surface area contributed by atoms with E-state index in [0.29, 0.717) is 0 Å². The third-order valence-corrected chi connectivity index (χ3v) is 2.72. The zero-order valence-corrected chi connectivity index (χ0v) is 10.2. The molecule has 0 aliphatic carbocycles. The quantitative estimate of drug-likeness (QED) is 0.847. The fraction of sp³-hybridized carbons (Fsp3) is 0.538. The maximum absolute atomic E-state index is 5.72. The minimum atomic E-state index is 0.0453. The van der Waals surface area contributed by atoms with Gasteiger partial charge in [0, 0.05) is 12.4 Å². The number of allylic oxidation sites excluding steroid dienone is 1. The van der Waals surface area contributed by atoms with Crippen LogP contribution in [0.3, 0.4) is 0 Å². The Morgan fingerprint density at radius 1 is 1.47 bits per heavy atom. The van der Waals surface area contributed by atoms with Gasteiger partial charge >= 0.3 is 0 Å². The monoisotopic (exact) mass is 233 g/mol. The van der Waals surface area contributed by atoms with Crippen molar-refractivity contribution in [3.05, 3.63) is 36.1 Å². The molecular weight excluding hydrogens is 214 g/mol. The van der Waals surface area contributed by atoms with Crippen LogP contribution in [-0.2, 0) is 4.74 Å². The predicted octanol–water partition coefficient (Wildman–Crippen LogP) is 2.21. The van der Waals surface area contributed by atoms with Crippen LogP contribution in [0.15, 0.2) is 30.4 Å². The molecule has 0 aromatic carbocycles. The van der Waals surface area contributed by atoms with Crippen LogP contribution in [0.4, 0.5) is 0 Å². The maximum atomic E-state index is 5.72. The third kappa shape index (κ3) is 3.27. The van der Waals surface area contributed by atoms with Crippen molar-refractivity contribution >= 4 is 0 Å². The predicted molar refractivity (Wildman–Crippen MR) is 66.3 cm³/mol. The van der Waals surface area contributed by atoms with Crippen molar-refractivity contribution in [3.63, 3.8) is 0 Å². The number of aromatic nitrogens is 2. The molecule has 0 saturated carbocycles. The summed E-state index contributed by atoms with van der Waals surface area (Å²) in [5, 5.41) is 3.46. The molecule has 0 saturated heterocycles. The average molecular weight is 233 g/mol. The third-order valence-electron chi connectivity index (χ3n) is 2.72. The summed E-state index contributed by atoms with van der Waals surface area (Å²) in [7, 11) is 0. The molecule has 0 spiro atoms. The second-order valence-electron chi connectivity index (χ2n) is 4.11. The van der Waals surface area contributed by atoms with Crippen molar-refractivity contribution in [2.75, 3.05) is 13.2 Å². The minimum Gasteiger partial charge on any atom is -0.496 e. The smallest absolute Gasteiger partial charge is 0.115 e. The molecule has 1 atom stereocenters. The molecule has 92 valence electrons. The lowest BCUT2D eigenvalue weighted by molar-refractivity contribution is 0.166. The molecule has 0 bridgehead atoms. The molecule has 1 unspecified atom stereocenters. The number of rotatable bonds is 5. The van der Waals surface area contributed by atoms with Gasteiger partial charge in [0.1, 0.15) is 11.8 Å². The SMILES string of the molecule is CCCNC(C1=CCCCO1)c1cnccn1. The second-order valence-corrected chi connectivity index (χ2v) is 4.11. The van der Waals surface area contributed by atoms with Gasteiger partial charge in [0.25, 0.3) is 0 Å². The lowest BCUT2D eigenvalue weighted by Gasteiger charge is -2.24. The molecule has 2 heterocycles. The summed E-state index contributed by atoms with van der Waals surface area (Å²) >= 11 is 0. The van der Waals surface area contributed by atoms with Gasteiger partial charge in [-0.2, -0.15) is 0 Å². The molecule has 1 N–H and O–H groups in total. The Bertz CT molecular complexity index is 364. The number of ether oxygens (including phenoxy) is 1. The maximum Gasteiger partial charge on any atom is 0.115 e. The molecule has 1 aliphatic heterocycles. The van der Waals surface area contributed by atoms with Crippen molar-refractivity contribution in [1.29, 1.82) is 0 Å². The van der Waals surface area contributed by atoms with Crippen LogP contribution in [0.1, 0.15) is 37.9 Å². The van der Waals surface area contributed by atoms with Crippen LogP contribution < -0.4 is 5.32 Å². The van der Waals surface area contributed by atoms with Crippen molar-refractivity contribution in [2.45, 2.75) is 32.2 Å². The van der Waals surface area contributed by atoms with E-state index < -0.39 is 0 Å². The summed E-state index contributed by atoms with van der Waals surface area (Å²) < 4.78 is 5.72. The summed E-state index contributed by atoms with van der Waals surface area (Å²) in [5.41, 5.74) is 0.925. The van der Waals surface area contributed by atoms with Gasteiger partial charge in [0.05, 0.1) is 18.5 Å². The topological polar surface area (TPSA) is 47.0 Å². The summed E-state index contributed by atoms with van der Waals surface area (Å²) in [6.45, 7) is 3.90. The standard InChI is InChI=1S/C13H19N3O/c1-2-6-16-13(11-10-14-7-8-15-11)12-5-3-4-9-17-12/h5,7-8,10,13,16H,2-4,6,9H2,1H3. The number of hydrogen-bond donors (Lipinski definition) is 1. The number of nitrogens with zero attached hydrogens (tertiary/aromatic N) is 2. The first-order chi connectivity index (χ1) is 8.42. The van der Waals surface area contributed by atoms with Crippen molar-refractivity contribution in [3.8, 4) is 0 Å². The molecule has 4 heteroatoms. The molecular formula is C13H19N3O. The first kappa shape index (κ1) is 12.0. The number of nitrogens with one attached hydrogen (secondary N) is 1. The average Bonchev–Trinajstić information content (AvgIpc) is 2.42. The minimum absolute atomic E-state index is 0.0453. The van der Waals surface area contributed by atoms with Gasteiger partial charge in [-0.15, -0.1) is 0 Å². The first-order valence-electron chi connectivity index (χ1n) is 6.24. The van der Waals surface area contributed by atoms with E-state index in [4.69, 9.17) is 4.74 Å². The molecule has 0 amide bonds. The van der Waals surface area contributed by atoms with E-state index >= 15 is 0 Å². The molecule has 1 aliphatic rings. The van der Waals surface area contributed by atoms with E-state index in [-0.39, 0.29) is 6.04 Å². The van der Waals surface area contributed by atoms with Gasteiger partial charge < -0.3 is 10.1 Å². The summed E-state index contributed by atoms with van der Waals surface area (Å²) in [5.74, 6) is 0.991. The van der Waals surface area contributed by atoms with Crippen LogP contribution in [0.5, 0.6) is 0 Å². The largest absolute Gasteiger partial charge is 0.496 e. The van der Waals surface area contributed by atoms with Gasteiger partial charge in [-0.1, -0.05) is 6.92 Å². The summed E-state index contributed by atoms with van der Waals surface area (Å²) in [6, 6.07) is 0.0453. The van der Waals surface area contributed by atoms with Crippen LogP contribution in [0.2, 0.25) is 0 Å². The van der Waals surface area contributed by atoms with Gasteiger partial charge in [0.2, 0.25) is 0 Å². The molecule has 1 aromatic heterocycles. The Morgan fingerprint density at radius 2 is 2.41 bits per heavy atom. The van der Waals surface area contributed by atoms with E-state index in [1.54, 1.807) is 18.6 Å². The molecule has 17 heavy (non-hydrogen) atoms. The fourth-order valence-electron chi connectivity index (χ4n) is 1.88. The zero-order chi connectivity index (χ0) is 11.9. The fourth-order valence-corrected chi connectivity index (χ4v) is 1.88. The summed E-state index contributed by atoms with van der Waals surface area (Å²) in [6.07, 6.45) is 10.6. The van der Waals surface area contributed by atoms with Crippen LogP contribution >= 0.6 is 0 Å². The van der Waals surface area contributed by atoms with E-state index in [1.165, 1.54) is 0 Å². The highest BCUT2D eigenvalue weighted by Gasteiger charge is 2.20. The molecule has 4 nitrogen and oxygen atoms in total. The molecule has 0 radical (unpaired) electrons. The van der Waals surface area contributed by atoms with Crippen LogP contribution in [0, 0.1) is 0 Å². The Balaban J connectivity index is 2.15. The van der Waals surface area contributed by atoms with Gasteiger partial charge in [-0.05, 0) is 31.9 Å². The van der Waals surface area contributed by atoms with E-state index in [0.717, 1.165) is 43.9 Å². The Labute approximate surface area is 102 Å². The second kappa shape index (κ2) is 6.35. The molecule has 2 rings (SSSR count). The molecule has 0 fully saturated rings. The number of hydrogen-bond acceptors (Lipinski definition) is 4. The zero-order valence-electron chi connectivity index (χ0n) is 10.2. The van der Waals surface area contributed by atoms with Gasteiger partial charge in [-0.25, -0.2) is 0 Å². The van der Waals surface area contributed by atoms with E-state index in [1.807, 2.05) is 0 Å². The van der Waals surface area contributed by atoms with Gasteiger partial charge in [0.15, 0.2) is 0 Å². The lowest BCUT2D eigenvalue weighted by atomic mass is 10.1. The highest BCUT2D eigenvalue weighted by atomic mass is 16.5.